The molecule has 1 aliphatic carbocycles. The molecule has 0 amide bonds. The van der Waals surface area contributed by atoms with Crippen molar-refractivity contribution in [3.8, 4) is 0 Å². The molecule has 1 saturated carbocycles. The predicted octanol–water partition coefficient (Wildman–Crippen LogP) is 2.25. The van der Waals surface area contributed by atoms with E-state index in [0.29, 0.717) is 0 Å². The molecule has 2 fully saturated rings. The quantitative estimate of drug-likeness (QED) is 0.752. The lowest BCUT2D eigenvalue weighted by atomic mass is 9.82. The molecule has 88 valence electrons. The molecule has 0 spiro atoms. The Morgan fingerprint density at radius 1 is 1.20 bits per heavy atom. The summed E-state index contributed by atoms with van der Waals surface area (Å²) in [6, 6.07) is 1.54. The lowest BCUT2D eigenvalue weighted by molar-refractivity contribution is 0.0947. The highest BCUT2D eigenvalue weighted by Crippen LogP contribution is 2.29. The van der Waals surface area contributed by atoms with Crippen LogP contribution in [0.15, 0.2) is 0 Å². The molecule has 0 aromatic rings. The third kappa shape index (κ3) is 2.73. The number of likely N-dealkylation sites (N-methyl/N-ethyl adjacent to an activating group) is 1. The van der Waals surface area contributed by atoms with Crippen molar-refractivity contribution in [3.05, 3.63) is 0 Å². The van der Waals surface area contributed by atoms with Gasteiger partial charge in [-0.25, -0.2) is 0 Å². The molecule has 1 aliphatic heterocycles. The number of nitrogens with one attached hydrogen (secondary N) is 1. The molecule has 1 N–H and O–H groups in total. The van der Waals surface area contributed by atoms with Crippen molar-refractivity contribution in [2.24, 2.45) is 5.92 Å². The normalized spacial score (nSPS) is 35.6. The molecular weight excluding hydrogens is 184 g/mol. The van der Waals surface area contributed by atoms with E-state index in [4.69, 9.17) is 0 Å². The van der Waals surface area contributed by atoms with Crippen molar-refractivity contribution in [2.75, 3.05) is 20.1 Å². The van der Waals surface area contributed by atoms with E-state index >= 15 is 0 Å². The molecule has 0 radical (unpaired) electrons. The number of rotatable bonds is 2. The van der Waals surface area contributed by atoms with E-state index in [1.165, 1.54) is 51.6 Å². The second-order valence-corrected chi connectivity index (χ2v) is 5.42. The van der Waals surface area contributed by atoms with Gasteiger partial charge in [0.2, 0.25) is 0 Å². The first-order chi connectivity index (χ1) is 7.31. The van der Waals surface area contributed by atoms with Gasteiger partial charge in [-0.2, -0.15) is 0 Å². The van der Waals surface area contributed by atoms with Crippen molar-refractivity contribution in [2.45, 2.75) is 57.5 Å². The molecular formula is C13H26N2. The minimum absolute atomic E-state index is 0.731. The molecule has 0 aromatic carbocycles. The zero-order valence-electron chi connectivity index (χ0n) is 10.3. The fraction of sp³-hybridized carbons (Fsp3) is 1.00. The van der Waals surface area contributed by atoms with Gasteiger partial charge in [0.1, 0.15) is 0 Å². The average molecular weight is 210 g/mol. The summed E-state index contributed by atoms with van der Waals surface area (Å²) in [4.78, 5) is 2.61. The van der Waals surface area contributed by atoms with E-state index in [2.05, 4.69) is 24.2 Å². The van der Waals surface area contributed by atoms with Crippen LogP contribution >= 0.6 is 0 Å². The number of hydrogen-bond acceptors (Lipinski definition) is 2. The minimum Gasteiger partial charge on any atom is -0.311 e. The second kappa shape index (κ2) is 5.31. The third-order valence-corrected chi connectivity index (χ3v) is 4.38. The first kappa shape index (κ1) is 11.4. The highest BCUT2D eigenvalue weighted by molar-refractivity contribution is 4.88. The van der Waals surface area contributed by atoms with Gasteiger partial charge in [-0.15, -0.1) is 0 Å². The van der Waals surface area contributed by atoms with Gasteiger partial charge in [-0.1, -0.05) is 26.2 Å². The van der Waals surface area contributed by atoms with Crippen molar-refractivity contribution in [3.63, 3.8) is 0 Å². The van der Waals surface area contributed by atoms with Crippen LogP contribution in [0.5, 0.6) is 0 Å². The first-order valence-electron chi connectivity index (χ1n) is 6.75. The van der Waals surface area contributed by atoms with Gasteiger partial charge < -0.3 is 10.2 Å². The Hall–Kier alpha value is -0.0800. The summed E-state index contributed by atoms with van der Waals surface area (Å²) in [5.41, 5.74) is 0. The molecule has 2 nitrogen and oxygen atoms in total. The van der Waals surface area contributed by atoms with Crippen LogP contribution in [0.2, 0.25) is 0 Å². The molecule has 2 heteroatoms. The number of nitrogens with zero attached hydrogens (tertiary/aromatic N) is 1. The van der Waals surface area contributed by atoms with Gasteiger partial charge in [-0.3, -0.25) is 0 Å². The predicted molar refractivity (Wildman–Crippen MR) is 65.1 cm³/mol. The Labute approximate surface area is 94.4 Å². The largest absolute Gasteiger partial charge is 0.311 e. The fourth-order valence-electron chi connectivity index (χ4n) is 3.31. The summed E-state index contributed by atoms with van der Waals surface area (Å²) in [6.45, 7) is 4.75. The van der Waals surface area contributed by atoms with Crippen LogP contribution in [0.1, 0.15) is 45.4 Å². The Morgan fingerprint density at radius 2 is 1.93 bits per heavy atom. The Balaban J connectivity index is 1.87. The summed E-state index contributed by atoms with van der Waals surface area (Å²) in [7, 11) is 2.32. The van der Waals surface area contributed by atoms with Crippen LogP contribution in [0.25, 0.3) is 0 Å². The van der Waals surface area contributed by atoms with E-state index in [1.807, 2.05) is 0 Å². The minimum atomic E-state index is 0.731. The summed E-state index contributed by atoms with van der Waals surface area (Å²) in [5.74, 6) is 0.967. The van der Waals surface area contributed by atoms with Crippen molar-refractivity contribution in [1.29, 1.82) is 0 Å². The Bertz CT molecular complexity index is 187. The molecule has 1 heterocycles. The van der Waals surface area contributed by atoms with Crippen LogP contribution < -0.4 is 5.32 Å². The van der Waals surface area contributed by atoms with Gasteiger partial charge >= 0.3 is 0 Å². The number of piperazine rings is 1. The van der Waals surface area contributed by atoms with E-state index in [0.717, 1.165) is 18.0 Å². The Morgan fingerprint density at radius 3 is 2.53 bits per heavy atom. The van der Waals surface area contributed by atoms with Gasteiger partial charge in [0.15, 0.2) is 0 Å². The van der Waals surface area contributed by atoms with Gasteiger partial charge in [0.05, 0.1) is 0 Å². The Kier molecular flexibility index (Phi) is 4.04. The topological polar surface area (TPSA) is 15.3 Å². The summed E-state index contributed by atoms with van der Waals surface area (Å²) in [6.07, 6.45) is 8.60. The van der Waals surface area contributed by atoms with E-state index < -0.39 is 0 Å². The fourth-order valence-corrected chi connectivity index (χ4v) is 3.31. The molecule has 1 saturated heterocycles. The number of hydrogen-bond donors (Lipinski definition) is 1. The summed E-state index contributed by atoms with van der Waals surface area (Å²) in [5, 5.41) is 3.70. The van der Waals surface area contributed by atoms with E-state index in [9.17, 15) is 0 Å². The second-order valence-electron chi connectivity index (χ2n) is 5.42. The van der Waals surface area contributed by atoms with Crippen LogP contribution in [-0.4, -0.2) is 37.1 Å². The van der Waals surface area contributed by atoms with Gasteiger partial charge in [-0.05, 0) is 32.2 Å². The van der Waals surface area contributed by atoms with Crippen LogP contribution in [0.3, 0.4) is 0 Å². The van der Waals surface area contributed by atoms with Gasteiger partial charge in [0, 0.05) is 25.2 Å². The van der Waals surface area contributed by atoms with Crippen LogP contribution in [0.4, 0.5) is 0 Å². The maximum atomic E-state index is 3.70. The molecule has 2 unspecified atom stereocenters. The van der Waals surface area contributed by atoms with Crippen molar-refractivity contribution in [1.82, 2.24) is 10.2 Å². The van der Waals surface area contributed by atoms with E-state index in [-0.39, 0.29) is 0 Å². The van der Waals surface area contributed by atoms with Crippen LogP contribution in [0, 0.1) is 5.92 Å². The SMILES string of the molecule is CCC1CN(C)C(C2CCCCC2)CN1. The standard InChI is InChI=1S/C13H26N2/c1-3-12-10-15(2)13(9-14-12)11-7-5-4-6-8-11/h11-14H,3-10H2,1-2H3. The average Bonchev–Trinajstić information content (AvgIpc) is 2.30. The third-order valence-electron chi connectivity index (χ3n) is 4.38. The molecule has 2 atom stereocenters. The van der Waals surface area contributed by atoms with Gasteiger partial charge in [0.25, 0.3) is 0 Å². The summed E-state index contributed by atoms with van der Waals surface area (Å²) < 4.78 is 0. The smallest absolute Gasteiger partial charge is 0.0246 e. The highest BCUT2D eigenvalue weighted by Gasteiger charge is 2.31. The maximum Gasteiger partial charge on any atom is 0.0246 e. The molecule has 2 rings (SSSR count). The lowest BCUT2D eigenvalue weighted by Gasteiger charge is -2.43. The highest BCUT2D eigenvalue weighted by atomic mass is 15.2. The molecule has 0 bridgehead atoms. The molecule has 0 aromatic heterocycles. The van der Waals surface area contributed by atoms with E-state index in [1.54, 1.807) is 0 Å². The van der Waals surface area contributed by atoms with Crippen LogP contribution in [-0.2, 0) is 0 Å². The van der Waals surface area contributed by atoms with Crippen molar-refractivity contribution >= 4 is 0 Å². The first-order valence-corrected chi connectivity index (χ1v) is 6.75. The monoisotopic (exact) mass is 210 g/mol. The summed E-state index contributed by atoms with van der Waals surface area (Å²) >= 11 is 0. The zero-order valence-corrected chi connectivity index (χ0v) is 10.3. The zero-order chi connectivity index (χ0) is 10.7. The lowest BCUT2D eigenvalue weighted by Crippen LogP contribution is -2.57. The maximum absolute atomic E-state index is 3.70. The van der Waals surface area contributed by atoms with Crippen molar-refractivity contribution < 1.29 is 0 Å². The molecule has 15 heavy (non-hydrogen) atoms. The molecule has 2 aliphatic rings.